The molecule has 0 N–H and O–H groups in total. The van der Waals surface area contributed by atoms with Crippen molar-refractivity contribution in [2.24, 2.45) is 5.92 Å². The van der Waals surface area contributed by atoms with Crippen molar-refractivity contribution in [2.75, 3.05) is 13.2 Å². The summed E-state index contributed by atoms with van der Waals surface area (Å²) in [4.78, 5) is 19.3. The Hall–Kier alpha value is -4.06. The van der Waals surface area contributed by atoms with Gasteiger partial charge in [-0.25, -0.2) is 9.78 Å². The lowest BCUT2D eigenvalue weighted by Crippen LogP contribution is -2.38. The Balaban J connectivity index is 1.14. The molecule has 1 amide bonds. The number of carbonyl (C=O) groups excluding carboxylic acids is 1. The van der Waals surface area contributed by atoms with E-state index in [4.69, 9.17) is 13.9 Å². The minimum atomic E-state index is -0.279. The van der Waals surface area contributed by atoms with Crippen LogP contribution in [0, 0.1) is 12.8 Å². The van der Waals surface area contributed by atoms with Crippen LogP contribution < -0.4 is 9.47 Å². The van der Waals surface area contributed by atoms with Crippen molar-refractivity contribution < 1.29 is 18.7 Å². The minimum absolute atomic E-state index is 0.118. The molecule has 0 saturated carbocycles. The van der Waals surface area contributed by atoms with Crippen molar-refractivity contribution in [1.82, 2.24) is 9.88 Å². The average Bonchev–Trinajstić information content (AvgIpc) is 3.48. The van der Waals surface area contributed by atoms with Crippen LogP contribution >= 0.6 is 0 Å². The Bertz CT molecular complexity index is 1300. The third-order valence-corrected chi connectivity index (χ3v) is 6.72. The summed E-state index contributed by atoms with van der Waals surface area (Å²) in [6, 6.07) is 27.4. The van der Waals surface area contributed by atoms with Gasteiger partial charge in [-0.2, -0.15) is 0 Å². The zero-order valence-electron chi connectivity index (χ0n) is 21.3. The molecule has 1 aromatic heterocycles. The Morgan fingerprint density at radius 2 is 1.68 bits per heavy atom. The molecule has 0 unspecified atom stereocenters. The van der Waals surface area contributed by atoms with E-state index in [1.807, 2.05) is 72.5 Å². The normalized spacial score (nSPS) is 17.1. The van der Waals surface area contributed by atoms with Crippen molar-refractivity contribution in [3.8, 4) is 23.0 Å². The van der Waals surface area contributed by atoms with Crippen molar-refractivity contribution >= 4 is 6.09 Å². The van der Waals surface area contributed by atoms with Gasteiger partial charge in [0.25, 0.3) is 0 Å². The lowest BCUT2D eigenvalue weighted by Gasteiger charge is -2.24. The number of aromatic nitrogens is 1. The van der Waals surface area contributed by atoms with Gasteiger partial charge in [0.1, 0.15) is 17.3 Å². The van der Waals surface area contributed by atoms with Gasteiger partial charge in [-0.1, -0.05) is 55.5 Å². The van der Waals surface area contributed by atoms with Crippen LogP contribution in [0.3, 0.4) is 0 Å². The van der Waals surface area contributed by atoms with E-state index in [1.54, 1.807) is 12.1 Å². The van der Waals surface area contributed by atoms with Gasteiger partial charge in [0.05, 0.1) is 12.3 Å². The molecule has 0 spiro atoms. The second-order valence-electron chi connectivity index (χ2n) is 9.66. The zero-order valence-corrected chi connectivity index (χ0v) is 21.3. The number of rotatable bonds is 8. The predicted octanol–water partition coefficient (Wildman–Crippen LogP) is 6.72. The highest BCUT2D eigenvalue weighted by molar-refractivity contribution is 5.71. The molecule has 4 aromatic rings. The quantitative estimate of drug-likeness (QED) is 0.271. The minimum Gasteiger partial charge on any atom is -0.493 e. The van der Waals surface area contributed by atoms with E-state index in [0.29, 0.717) is 37.1 Å². The van der Waals surface area contributed by atoms with Crippen molar-refractivity contribution in [3.63, 3.8) is 0 Å². The molecular formula is C31H32N2O4. The largest absolute Gasteiger partial charge is 0.493 e. The van der Waals surface area contributed by atoms with Gasteiger partial charge in [0.15, 0.2) is 0 Å². The number of carbonyl (C=O) groups is 1. The van der Waals surface area contributed by atoms with Crippen LogP contribution in [-0.2, 0) is 12.8 Å². The van der Waals surface area contributed by atoms with E-state index in [-0.39, 0.29) is 12.1 Å². The molecule has 0 bridgehead atoms. The van der Waals surface area contributed by atoms with Gasteiger partial charge >= 0.3 is 6.09 Å². The molecule has 2 heterocycles. The fraction of sp³-hybridized carbons (Fsp3) is 0.290. The molecule has 6 nitrogen and oxygen atoms in total. The molecule has 190 valence electrons. The molecule has 2 atom stereocenters. The highest BCUT2D eigenvalue weighted by Gasteiger charge is 2.34. The monoisotopic (exact) mass is 496 g/mol. The maximum atomic E-state index is 12.8. The number of likely N-dealkylation sites (tertiary alicyclic amines) is 1. The predicted molar refractivity (Wildman–Crippen MR) is 143 cm³/mol. The standard InChI is InChI=1S/C31H32N2O4/c1-22-19-26(33(21-22)31(34)37-28-11-7-4-8-12-28)20-24-13-15-27(16-14-24)35-18-17-29-23(2)36-30(32-29)25-9-5-3-6-10-25/h3-16,22,26H,17-21H2,1-2H3/t22-,26-/m0/s1. The first-order chi connectivity index (χ1) is 18.0. The summed E-state index contributed by atoms with van der Waals surface area (Å²) in [5.74, 6) is 3.29. The zero-order chi connectivity index (χ0) is 25.6. The van der Waals surface area contributed by atoms with Crippen LogP contribution in [0.4, 0.5) is 4.79 Å². The van der Waals surface area contributed by atoms with Crippen LogP contribution in [-0.4, -0.2) is 35.2 Å². The van der Waals surface area contributed by atoms with Gasteiger partial charge in [-0.3, -0.25) is 0 Å². The molecule has 0 radical (unpaired) electrons. The number of nitrogens with zero attached hydrogens (tertiary/aromatic N) is 2. The average molecular weight is 497 g/mol. The topological polar surface area (TPSA) is 64.8 Å². The maximum absolute atomic E-state index is 12.8. The smallest absolute Gasteiger partial charge is 0.415 e. The maximum Gasteiger partial charge on any atom is 0.415 e. The van der Waals surface area contributed by atoms with E-state index in [9.17, 15) is 4.79 Å². The highest BCUT2D eigenvalue weighted by Crippen LogP contribution is 2.28. The first-order valence-corrected chi connectivity index (χ1v) is 12.8. The van der Waals surface area contributed by atoms with Gasteiger partial charge < -0.3 is 18.8 Å². The van der Waals surface area contributed by atoms with E-state index in [2.05, 4.69) is 24.0 Å². The van der Waals surface area contributed by atoms with Crippen molar-refractivity contribution in [1.29, 1.82) is 0 Å². The molecule has 37 heavy (non-hydrogen) atoms. The Morgan fingerprint density at radius 3 is 2.41 bits per heavy atom. The molecule has 1 aliphatic heterocycles. The Kier molecular flexibility index (Phi) is 7.54. The number of oxazole rings is 1. The van der Waals surface area contributed by atoms with Gasteiger partial charge in [0.2, 0.25) is 5.89 Å². The van der Waals surface area contributed by atoms with E-state index >= 15 is 0 Å². The van der Waals surface area contributed by atoms with Gasteiger partial charge in [-0.05, 0) is 67.6 Å². The summed E-state index contributed by atoms with van der Waals surface area (Å²) in [5, 5.41) is 0. The SMILES string of the molecule is Cc1oc(-c2ccccc2)nc1CCOc1ccc(C[C@@H]2C[C@H](C)CN2C(=O)Oc2ccccc2)cc1. The third-order valence-electron chi connectivity index (χ3n) is 6.72. The number of benzene rings is 3. The van der Waals surface area contributed by atoms with Crippen LogP contribution in [0.15, 0.2) is 89.3 Å². The summed E-state index contributed by atoms with van der Waals surface area (Å²) in [7, 11) is 0. The van der Waals surface area contributed by atoms with Gasteiger partial charge in [0, 0.05) is 24.6 Å². The van der Waals surface area contributed by atoms with Crippen LogP contribution in [0.25, 0.3) is 11.5 Å². The van der Waals surface area contributed by atoms with Crippen molar-refractivity contribution in [3.05, 3.63) is 102 Å². The fourth-order valence-corrected chi connectivity index (χ4v) is 4.84. The molecule has 3 aromatic carbocycles. The molecule has 1 saturated heterocycles. The Labute approximate surface area is 217 Å². The van der Waals surface area contributed by atoms with Gasteiger partial charge in [-0.15, -0.1) is 0 Å². The second kappa shape index (κ2) is 11.3. The highest BCUT2D eigenvalue weighted by atomic mass is 16.6. The lowest BCUT2D eigenvalue weighted by atomic mass is 10.0. The first-order valence-electron chi connectivity index (χ1n) is 12.8. The lowest BCUT2D eigenvalue weighted by molar-refractivity contribution is 0.146. The van der Waals surface area contributed by atoms with Crippen LogP contribution in [0.5, 0.6) is 11.5 Å². The number of hydrogen-bond acceptors (Lipinski definition) is 5. The molecular weight excluding hydrogens is 464 g/mol. The van der Waals surface area contributed by atoms with Crippen LogP contribution in [0.2, 0.25) is 0 Å². The summed E-state index contributed by atoms with van der Waals surface area (Å²) < 4.78 is 17.4. The summed E-state index contributed by atoms with van der Waals surface area (Å²) in [6.07, 6.45) is 2.14. The molecule has 6 heteroatoms. The molecule has 1 aliphatic rings. The Morgan fingerprint density at radius 1 is 0.973 bits per heavy atom. The third kappa shape index (κ3) is 6.20. The number of amides is 1. The number of aryl methyl sites for hydroxylation is 1. The number of hydrogen-bond donors (Lipinski definition) is 0. The van der Waals surface area contributed by atoms with E-state index in [1.165, 1.54) is 5.56 Å². The van der Waals surface area contributed by atoms with E-state index < -0.39 is 0 Å². The van der Waals surface area contributed by atoms with Crippen molar-refractivity contribution in [2.45, 2.75) is 39.2 Å². The second-order valence-corrected chi connectivity index (χ2v) is 9.66. The summed E-state index contributed by atoms with van der Waals surface area (Å²) >= 11 is 0. The summed E-state index contributed by atoms with van der Waals surface area (Å²) in [5.41, 5.74) is 3.05. The molecule has 5 rings (SSSR count). The fourth-order valence-electron chi connectivity index (χ4n) is 4.84. The number of ether oxygens (including phenoxy) is 2. The molecule has 0 aliphatic carbocycles. The first kappa shape index (κ1) is 24.6. The van der Waals surface area contributed by atoms with E-state index in [0.717, 1.165) is 35.6 Å². The number of para-hydroxylation sites is 1. The molecule has 1 fully saturated rings. The van der Waals surface area contributed by atoms with Crippen LogP contribution in [0.1, 0.15) is 30.4 Å². The summed E-state index contributed by atoms with van der Waals surface area (Å²) in [6.45, 7) is 5.34.